The lowest BCUT2D eigenvalue weighted by Gasteiger charge is -2.17. The molecule has 0 unspecified atom stereocenters. The average molecular weight is 260 g/mol. The number of hydrogen-bond donors (Lipinski definition) is 0. The van der Waals surface area contributed by atoms with Crippen LogP contribution in [0.3, 0.4) is 0 Å². The average Bonchev–Trinajstić information content (AvgIpc) is 2.31. The smallest absolute Gasteiger partial charge is 0.303 e. The Morgan fingerprint density at radius 3 is 2.41 bits per heavy atom. The molecular weight excluding hydrogens is 239 g/mol. The molecule has 0 aromatic rings. The van der Waals surface area contributed by atoms with Gasteiger partial charge < -0.3 is 9.05 Å². The van der Waals surface area contributed by atoms with E-state index in [9.17, 15) is 9.36 Å². The van der Waals surface area contributed by atoms with E-state index in [1.165, 1.54) is 6.42 Å². The highest BCUT2D eigenvalue weighted by Crippen LogP contribution is 2.50. The minimum absolute atomic E-state index is 0.206. The van der Waals surface area contributed by atoms with Gasteiger partial charge in [-0.1, -0.05) is 11.6 Å². The zero-order valence-electron chi connectivity index (χ0n) is 10.6. The van der Waals surface area contributed by atoms with Crippen LogP contribution in [-0.2, 0) is 18.4 Å². The van der Waals surface area contributed by atoms with Crippen molar-refractivity contribution in [3.63, 3.8) is 0 Å². The third-order valence-corrected chi connectivity index (χ3v) is 4.63. The molecule has 0 heterocycles. The second-order valence-corrected chi connectivity index (χ2v) is 6.02. The number of hydrogen-bond acceptors (Lipinski definition) is 4. The molecule has 4 nitrogen and oxygen atoms in total. The van der Waals surface area contributed by atoms with E-state index in [1.807, 2.05) is 0 Å². The van der Waals surface area contributed by atoms with Crippen LogP contribution in [-0.4, -0.2) is 18.7 Å². The maximum atomic E-state index is 12.2. The van der Waals surface area contributed by atoms with Crippen molar-refractivity contribution >= 4 is 13.1 Å². The van der Waals surface area contributed by atoms with Gasteiger partial charge in [-0.15, -0.1) is 0 Å². The predicted octanol–water partition coefficient (Wildman–Crippen LogP) is 3.67. The van der Waals surface area contributed by atoms with Crippen LogP contribution in [0.1, 0.15) is 46.0 Å². The third-order valence-electron chi connectivity index (χ3n) is 2.67. The van der Waals surface area contributed by atoms with Crippen LogP contribution in [0.25, 0.3) is 0 Å². The Morgan fingerprint density at radius 2 is 1.94 bits per heavy atom. The van der Waals surface area contributed by atoms with Crippen LogP contribution in [0.4, 0.5) is 0 Å². The predicted molar refractivity (Wildman–Crippen MR) is 67.0 cm³/mol. The van der Waals surface area contributed by atoms with Crippen molar-refractivity contribution in [2.75, 3.05) is 13.2 Å². The minimum atomic E-state index is -3.56. The Kier molecular flexibility index (Phi) is 6.10. The lowest BCUT2D eigenvalue weighted by Crippen LogP contribution is -2.09. The molecular formula is C12H21O4P. The van der Waals surface area contributed by atoms with E-state index in [0.29, 0.717) is 0 Å². The van der Waals surface area contributed by atoms with Gasteiger partial charge in [-0.05, 0) is 39.5 Å². The van der Waals surface area contributed by atoms with Crippen LogP contribution in [0.5, 0.6) is 0 Å². The van der Waals surface area contributed by atoms with Crippen molar-refractivity contribution in [3.8, 4) is 0 Å². The summed E-state index contributed by atoms with van der Waals surface area (Å²) in [6.07, 6.45) is 6.49. The Balaban J connectivity index is 2.64. The number of rotatable bonds is 7. The largest absolute Gasteiger partial charge is 0.397 e. The summed E-state index contributed by atoms with van der Waals surface area (Å²) in [5.74, 6) is 0. The molecule has 0 aliphatic heterocycles. The van der Waals surface area contributed by atoms with E-state index in [-0.39, 0.29) is 19.6 Å². The number of carbonyl (C=O) groups excluding carboxylic acids is 1. The van der Waals surface area contributed by atoms with Gasteiger partial charge in [0.25, 0.3) is 0 Å². The van der Waals surface area contributed by atoms with E-state index in [1.54, 1.807) is 13.8 Å². The zero-order valence-corrected chi connectivity index (χ0v) is 11.5. The summed E-state index contributed by atoms with van der Waals surface area (Å²) in [6, 6.07) is 0. The fraction of sp³-hybridized carbons (Fsp3) is 0.750. The lowest BCUT2D eigenvalue weighted by atomic mass is 9.98. The SMILES string of the molecule is CCOP(=O)(OCC)C(=O)CC1=CCCCC1. The summed E-state index contributed by atoms with van der Waals surface area (Å²) in [5, 5.41) is 0. The van der Waals surface area contributed by atoms with Gasteiger partial charge in [-0.3, -0.25) is 9.36 Å². The summed E-state index contributed by atoms with van der Waals surface area (Å²) >= 11 is 0. The van der Waals surface area contributed by atoms with Gasteiger partial charge in [-0.2, -0.15) is 0 Å². The molecule has 0 aromatic carbocycles. The van der Waals surface area contributed by atoms with E-state index in [4.69, 9.17) is 9.05 Å². The van der Waals surface area contributed by atoms with Crippen LogP contribution in [0.2, 0.25) is 0 Å². The summed E-state index contributed by atoms with van der Waals surface area (Å²) in [5.41, 5.74) is 0.662. The summed E-state index contributed by atoms with van der Waals surface area (Å²) < 4.78 is 22.2. The van der Waals surface area contributed by atoms with Crippen molar-refractivity contribution in [2.24, 2.45) is 0 Å². The van der Waals surface area contributed by atoms with E-state index in [0.717, 1.165) is 24.8 Å². The fourth-order valence-corrected chi connectivity index (χ4v) is 3.32. The molecule has 0 fully saturated rings. The second-order valence-electron chi connectivity index (χ2n) is 4.01. The van der Waals surface area contributed by atoms with Gasteiger partial charge in [-0.25, -0.2) is 0 Å². The van der Waals surface area contributed by atoms with Gasteiger partial charge in [0.15, 0.2) is 0 Å². The maximum absolute atomic E-state index is 12.2. The Morgan fingerprint density at radius 1 is 1.29 bits per heavy atom. The van der Waals surface area contributed by atoms with Crippen molar-refractivity contribution in [1.82, 2.24) is 0 Å². The molecule has 0 saturated heterocycles. The summed E-state index contributed by atoms with van der Waals surface area (Å²) in [4.78, 5) is 12.0. The van der Waals surface area contributed by atoms with Gasteiger partial charge in [0, 0.05) is 6.42 Å². The molecule has 0 spiro atoms. The molecule has 5 heteroatoms. The molecule has 1 aliphatic carbocycles. The van der Waals surface area contributed by atoms with Crippen LogP contribution >= 0.6 is 7.60 Å². The van der Waals surface area contributed by atoms with Crippen LogP contribution in [0.15, 0.2) is 11.6 Å². The summed E-state index contributed by atoms with van der Waals surface area (Å²) in [7, 11) is -3.56. The molecule has 0 atom stereocenters. The Labute approximate surface area is 103 Å². The van der Waals surface area contributed by atoms with Gasteiger partial charge >= 0.3 is 7.60 Å². The highest BCUT2D eigenvalue weighted by atomic mass is 31.2. The molecule has 0 N–H and O–H groups in total. The monoisotopic (exact) mass is 260 g/mol. The second kappa shape index (κ2) is 7.10. The van der Waals surface area contributed by atoms with Crippen molar-refractivity contribution < 1.29 is 18.4 Å². The van der Waals surface area contributed by atoms with Gasteiger partial charge in [0.1, 0.15) is 0 Å². The molecule has 0 amide bonds. The first-order chi connectivity index (χ1) is 8.12. The minimum Gasteiger partial charge on any atom is -0.303 e. The Bertz CT molecular complexity index is 325. The first-order valence-electron chi connectivity index (χ1n) is 6.22. The van der Waals surface area contributed by atoms with E-state index in [2.05, 4.69) is 6.08 Å². The first kappa shape index (κ1) is 14.6. The molecule has 0 aromatic heterocycles. The van der Waals surface area contributed by atoms with E-state index < -0.39 is 13.1 Å². The molecule has 0 radical (unpaired) electrons. The molecule has 98 valence electrons. The topological polar surface area (TPSA) is 52.6 Å². The van der Waals surface area contributed by atoms with Crippen molar-refractivity contribution in [3.05, 3.63) is 11.6 Å². The Hall–Kier alpha value is -0.440. The standard InChI is InChI=1S/C12H21O4P/c1-3-15-17(14,16-4-2)12(13)10-11-8-6-5-7-9-11/h8H,3-7,9-10H2,1-2H3. The van der Waals surface area contributed by atoms with Crippen LogP contribution < -0.4 is 0 Å². The molecule has 0 saturated carbocycles. The quantitative estimate of drug-likeness (QED) is 0.517. The number of carbonyl (C=O) groups is 1. The number of allylic oxidation sites excluding steroid dienone is 2. The maximum Gasteiger partial charge on any atom is 0.397 e. The molecule has 0 bridgehead atoms. The van der Waals surface area contributed by atoms with Gasteiger partial charge in [0.05, 0.1) is 13.2 Å². The van der Waals surface area contributed by atoms with Crippen molar-refractivity contribution in [1.29, 1.82) is 0 Å². The highest BCUT2D eigenvalue weighted by Gasteiger charge is 2.34. The lowest BCUT2D eigenvalue weighted by molar-refractivity contribution is -0.113. The normalized spacial score (nSPS) is 16.7. The van der Waals surface area contributed by atoms with E-state index >= 15 is 0 Å². The summed E-state index contributed by atoms with van der Waals surface area (Å²) in [6.45, 7) is 3.86. The molecule has 1 aliphatic rings. The van der Waals surface area contributed by atoms with Gasteiger partial charge in [0.2, 0.25) is 5.52 Å². The first-order valence-corrected chi connectivity index (χ1v) is 7.77. The highest BCUT2D eigenvalue weighted by molar-refractivity contribution is 7.71. The van der Waals surface area contributed by atoms with Crippen LogP contribution in [0, 0.1) is 0 Å². The molecule has 1 rings (SSSR count). The zero-order chi connectivity index (χ0) is 12.7. The molecule has 17 heavy (non-hydrogen) atoms. The van der Waals surface area contributed by atoms with Crippen molar-refractivity contribution in [2.45, 2.75) is 46.0 Å². The third kappa shape index (κ3) is 4.38. The fourth-order valence-electron chi connectivity index (χ4n) is 1.88.